The van der Waals surface area contributed by atoms with Gasteiger partial charge in [0.1, 0.15) is 11.2 Å². The smallest absolute Gasteiger partial charge is 0.263 e. The first-order chi connectivity index (χ1) is 17.6. The van der Waals surface area contributed by atoms with E-state index in [0.29, 0.717) is 5.92 Å². The van der Waals surface area contributed by atoms with Crippen molar-refractivity contribution in [3.05, 3.63) is 118 Å². The van der Waals surface area contributed by atoms with E-state index in [1.807, 2.05) is 11.3 Å². The average Bonchev–Trinajstić information content (AvgIpc) is 3.40. The molecule has 3 nitrogen and oxygen atoms in total. The molecule has 1 aliphatic carbocycles. The summed E-state index contributed by atoms with van der Waals surface area (Å²) in [5.41, 5.74) is 7.74. The van der Waals surface area contributed by atoms with Gasteiger partial charge in [-0.2, -0.15) is 4.57 Å². The van der Waals surface area contributed by atoms with Crippen LogP contribution in [0.2, 0.25) is 0 Å². The Kier molecular flexibility index (Phi) is 5.98. The number of aromatic nitrogens is 1. The number of allylic oxidation sites excluding steroid dienone is 4. The second-order valence-electron chi connectivity index (χ2n) is 9.72. The van der Waals surface area contributed by atoms with Crippen LogP contribution in [0.4, 0.5) is 5.69 Å². The highest BCUT2D eigenvalue weighted by Crippen LogP contribution is 2.41. The molecule has 0 bridgehead atoms. The van der Waals surface area contributed by atoms with Gasteiger partial charge >= 0.3 is 0 Å². The molecule has 0 amide bonds. The Morgan fingerprint density at radius 3 is 2.64 bits per heavy atom. The Balaban J connectivity index is 1.41. The van der Waals surface area contributed by atoms with Crippen LogP contribution in [0.25, 0.3) is 16.3 Å². The van der Waals surface area contributed by atoms with Crippen molar-refractivity contribution in [2.75, 3.05) is 11.9 Å². The SMILES string of the molecule is CC[n+]1c(/C=C2C=C(/C=C3\Oc4ccc(C)cc4N3C)CC(c3ccccc3)C/2)sc2ccccc21. The van der Waals surface area contributed by atoms with E-state index in [-0.39, 0.29) is 0 Å². The zero-order chi connectivity index (χ0) is 24.6. The normalized spacial score (nSPS) is 19.6. The predicted molar refractivity (Wildman–Crippen MR) is 150 cm³/mol. The van der Waals surface area contributed by atoms with Crippen LogP contribution in [0, 0.1) is 6.92 Å². The quantitative estimate of drug-likeness (QED) is 0.271. The number of ether oxygens (including phenoxy) is 1. The van der Waals surface area contributed by atoms with Crippen LogP contribution >= 0.6 is 11.3 Å². The third-order valence-electron chi connectivity index (χ3n) is 7.20. The van der Waals surface area contributed by atoms with Crippen molar-refractivity contribution in [1.29, 1.82) is 0 Å². The largest absolute Gasteiger partial charge is 0.439 e. The van der Waals surface area contributed by atoms with Crippen molar-refractivity contribution in [2.24, 2.45) is 0 Å². The molecule has 0 radical (unpaired) electrons. The molecule has 1 unspecified atom stereocenters. The molecule has 36 heavy (non-hydrogen) atoms. The minimum Gasteiger partial charge on any atom is -0.439 e. The maximum Gasteiger partial charge on any atom is 0.263 e. The van der Waals surface area contributed by atoms with Gasteiger partial charge in [-0.25, -0.2) is 0 Å². The van der Waals surface area contributed by atoms with Gasteiger partial charge in [0.05, 0.1) is 5.69 Å². The molecular formula is C32H31N2OS+. The first-order valence-corrected chi connectivity index (χ1v) is 13.5. The molecule has 4 heteroatoms. The lowest BCUT2D eigenvalue weighted by Crippen LogP contribution is -2.33. The minimum atomic E-state index is 0.440. The summed E-state index contributed by atoms with van der Waals surface area (Å²) in [6, 6.07) is 26.0. The van der Waals surface area contributed by atoms with Crippen molar-refractivity contribution in [3.8, 4) is 5.75 Å². The number of anilines is 1. The summed E-state index contributed by atoms with van der Waals surface area (Å²) in [7, 11) is 2.09. The molecule has 4 aromatic rings. The zero-order valence-corrected chi connectivity index (χ0v) is 21.9. The molecule has 2 aliphatic rings. The Hall–Kier alpha value is -3.63. The lowest BCUT2D eigenvalue weighted by molar-refractivity contribution is -0.665. The Morgan fingerprint density at radius 1 is 1.00 bits per heavy atom. The lowest BCUT2D eigenvalue weighted by atomic mass is 9.81. The number of hydrogen-bond donors (Lipinski definition) is 0. The van der Waals surface area contributed by atoms with Crippen molar-refractivity contribution >= 4 is 33.3 Å². The molecule has 0 saturated carbocycles. The maximum absolute atomic E-state index is 6.27. The standard InChI is InChI=1S/C32H31N2OS/c1-4-34-27-12-8-9-13-30(27)36-32(34)21-24-17-23(18-26(19-24)25-10-6-5-7-11-25)20-31-33(3)28-16-22(2)14-15-29(28)35-31/h5-17,20-21,26H,4,18-19H2,1-3H3/q+1. The van der Waals surface area contributed by atoms with Gasteiger partial charge in [0, 0.05) is 25.3 Å². The highest BCUT2D eigenvalue weighted by molar-refractivity contribution is 7.18. The Bertz CT molecular complexity index is 1530. The molecule has 0 fully saturated rings. The van der Waals surface area contributed by atoms with Crippen LogP contribution < -0.4 is 14.2 Å². The topological polar surface area (TPSA) is 16.4 Å². The zero-order valence-electron chi connectivity index (χ0n) is 21.1. The first-order valence-electron chi connectivity index (χ1n) is 12.7. The number of fused-ring (bicyclic) bond motifs is 2. The van der Waals surface area contributed by atoms with Gasteiger partial charge < -0.3 is 9.64 Å². The van der Waals surface area contributed by atoms with Crippen molar-refractivity contribution < 1.29 is 9.30 Å². The van der Waals surface area contributed by atoms with Crippen LogP contribution in [-0.4, -0.2) is 7.05 Å². The molecule has 1 atom stereocenters. The van der Waals surface area contributed by atoms with E-state index in [9.17, 15) is 0 Å². The predicted octanol–water partition coefficient (Wildman–Crippen LogP) is 7.77. The molecule has 6 rings (SSSR count). The van der Waals surface area contributed by atoms with Crippen molar-refractivity contribution in [3.63, 3.8) is 0 Å². The number of para-hydroxylation sites is 1. The summed E-state index contributed by atoms with van der Waals surface area (Å²) in [6.45, 7) is 5.31. The van der Waals surface area contributed by atoms with E-state index in [1.54, 1.807) is 0 Å². The van der Waals surface area contributed by atoms with E-state index in [0.717, 1.165) is 36.7 Å². The molecule has 3 aromatic carbocycles. The van der Waals surface area contributed by atoms with E-state index >= 15 is 0 Å². The summed E-state index contributed by atoms with van der Waals surface area (Å²) in [5.74, 6) is 2.26. The minimum absolute atomic E-state index is 0.440. The highest BCUT2D eigenvalue weighted by Gasteiger charge is 2.26. The van der Waals surface area contributed by atoms with E-state index in [2.05, 4.69) is 121 Å². The van der Waals surface area contributed by atoms with E-state index < -0.39 is 0 Å². The highest BCUT2D eigenvalue weighted by atomic mass is 32.1. The summed E-state index contributed by atoms with van der Waals surface area (Å²) in [5, 5.41) is 1.31. The molecular weight excluding hydrogens is 460 g/mol. The first kappa shape index (κ1) is 22.8. The van der Waals surface area contributed by atoms with Gasteiger partial charge in [0.25, 0.3) is 5.01 Å². The molecule has 180 valence electrons. The van der Waals surface area contributed by atoms with Crippen LogP contribution in [0.3, 0.4) is 0 Å². The average molecular weight is 492 g/mol. The summed E-state index contributed by atoms with van der Waals surface area (Å²) in [4.78, 5) is 2.16. The lowest BCUT2D eigenvalue weighted by Gasteiger charge is -2.24. The second kappa shape index (κ2) is 9.44. The van der Waals surface area contributed by atoms with Gasteiger partial charge in [-0.1, -0.05) is 65.9 Å². The summed E-state index contributed by atoms with van der Waals surface area (Å²) < 4.78 is 10.0. The van der Waals surface area contributed by atoms with Crippen LogP contribution in [0.15, 0.2) is 102 Å². The maximum atomic E-state index is 6.27. The fourth-order valence-corrected chi connectivity index (χ4v) is 6.57. The molecule has 0 spiro atoms. The third kappa shape index (κ3) is 4.27. The number of benzene rings is 3. The fourth-order valence-electron chi connectivity index (χ4n) is 5.36. The number of nitrogens with zero attached hydrogens (tertiary/aromatic N) is 2. The summed E-state index contributed by atoms with van der Waals surface area (Å²) >= 11 is 1.88. The van der Waals surface area contributed by atoms with Crippen molar-refractivity contribution in [1.82, 2.24) is 0 Å². The number of thiazole rings is 1. The molecule has 0 saturated heterocycles. The van der Waals surface area contributed by atoms with Gasteiger partial charge in [0.2, 0.25) is 11.4 Å². The van der Waals surface area contributed by atoms with Crippen LogP contribution in [0.5, 0.6) is 5.75 Å². The van der Waals surface area contributed by atoms with Gasteiger partial charge in [-0.15, -0.1) is 0 Å². The molecule has 1 aliphatic heterocycles. The van der Waals surface area contributed by atoms with Gasteiger partial charge in [-0.3, -0.25) is 0 Å². The number of hydrogen-bond acceptors (Lipinski definition) is 3. The molecule has 1 aromatic heterocycles. The third-order valence-corrected chi connectivity index (χ3v) is 8.31. The van der Waals surface area contributed by atoms with E-state index in [4.69, 9.17) is 4.74 Å². The van der Waals surface area contributed by atoms with Gasteiger partial charge in [-0.05, 0) is 73.1 Å². The monoisotopic (exact) mass is 491 g/mol. The molecule has 2 heterocycles. The van der Waals surface area contributed by atoms with E-state index in [1.165, 1.54) is 37.5 Å². The Morgan fingerprint density at radius 2 is 1.81 bits per heavy atom. The van der Waals surface area contributed by atoms with Crippen LogP contribution in [-0.2, 0) is 6.54 Å². The number of aryl methyl sites for hydroxylation is 2. The number of rotatable bonds is 4. The Labute approximate surface area is 217 Å². The van der Waals surface area contributed by atoms with Crippen LogP contribution in [0.1, 0.15) is 41.8 Å². The summed E-state index contributed by atoms with van der Waals surface area (Å²) in [6.07, 6.45) is 9.04. The molecule has 0 N–H and O–H groups in total. The van der Waals surface area contributed by atoms with Gasteiger partial charge in [0.15, 0.2) is 5.75 Å². The van der Waals surface area contributed by atoms with Crippen molar-refractivity contribution in [2.45, 2.75) is 39.2 Å². The second-order valence-corrected chi connectivity index (χ2v) is 10.8. The fraction of sp³-hybridized carbons (Fsp3) is 0.219.